The molecular weight excluding hydrogens is 468 g/mol. The van der Waals surface area contributed by atoms with Crippen LogP contribution in [0.15, 0.2) is 48.5 Å². The summed E-state index contributed by atoms with van der Waals surface area (Å²) in [5.41, 5.74) is 6.60. The Labute approximate surface area is 209 Å². The van der Waals surface area contributed by atoms with Crippen LogP contribution in [0.1, 0.15) is 49.8 Å². The van der Waals surface area contributed by atoms with Crippen LogP contribution in [0.3, 0.4) is 0 Å². The first-order valence-corrected chi connectivity index (χ1v) is 12.2. The van der Waals surface area contributed by atoms with Crippen molar-refractivity contribution in [3.63, 3.8) is 0 Å². The van der Waals surface area contributed by atoms with Crippen molar-refractivity contribution in [2.45, 2.75) is 69.4 Å². The fourth-order valence-corrected chi connectivity index (χ4v) is 5.20. The molecule has 1 saturated heterocycles. The van der Waals surface area contributed by atoms with E-state index in [2.05, 4.69) is 0 Å². The van der Waals surface area contributed by atoms with Crippen molar-refractivity contribution in [1.82, 2.24) is 9.80 Å². The molecule has 0 bridgehead atoms. The van der Waals surface area contributed by atoms with E-state index < -0.39 is 54.0 Å². The molecule has 5 atom stereocenters. The topological polar surface area (TPSA) is 92.9 Å². The Morgan fingerprint density at radius 1 is 1.11 bits per heavy atom. The van der Waals surface area contributed by atoms with Crippen LogP contribution in [0.2, 0.25) is 0 Å². The summed E-state index contributed by atoms with van der Waals surface area (Å²) in [6, 6.07) is 9.11. The smallest absolute Gasteiger partial charge is 0.249 e. The van der Waals surface area contributed by atoms with E-state index in [4.69, 9.17) is 10.5 Å². The molecule has 0 aromatic heterocycles. The summed E-state index contributed by atoms with van der Waals surface area (Å²) in [5, 5.41) is 0. The number of benzene rings is 2. The number of halogens is 2. The third-order valence-electron chi connectivity index (χ3n) is 6.95. The van der Waals surface area contributed by atoms with Crippen molar-refractivity contribution >= 4 is 17.7 Å². The van der Waals surface area contributed by atoms with Gasteiger partial charge in [0, 0.05) is 13.1 Å². The number of hydrogen-bond acceptors (Lipinski definition) is 5. The molecule has 1 aliphatic carbocycles. The summed E-state index contributed by atoms with van der Waals surface area (Å²) in [7, 11) is 1.66. The number of fused-ring (bicyclic) bond motifs is 1. The molecule has 4 rings (SSSR count). The third-order valence-corrected chi connectivity index (χ3v) is 6.95. The largest absolute Gasteiger partial charge is 0.365 e. The molecule has 192 valence electrons. The lowest BCUT2D eigenvalue weighted by molar-refractivity contribution is -0.159. The van der Waals surface area contributed by atoms with E-state index in [0.717, 1.165) is 42.7 Å². The van der Waals surface area contributed by atoms with Crippen molar-refractivity contribution in [2.75, 3.05) is 7.05 Å². The molecule has 0 spiro atoms. The predicted molar refractivity (Wildman–Crippen MR) is 128 cm³/mol. The van der Waals surface area contributed by atoms with Gasteiger partial charge in [0.05, 0.1) is 24.6 Å². The van der Waals surface area contributed by atoms with Crippen molar-refractivity contribution in [1.29, 1.82) is 0 Å². The van der Waals surface area contributed by atoms with Crippen LogP contribution in [-0.2, 0) is 25.5 Å². The van der Waals surface area contributed by atoms with Gasteiger partial charge in [0.25, 0.3) is 0 Å². The van der Waals surface area contributed by atoms with E-state index in [0.29, 0.717) is 11.6 Å². The molecule has 2 fully saturated rings. The second-order valence-electron chi connectivity index (χ2n) is 9.60. The summed E-state index contributed by atoms with van der Waals surface area (Å²) < 4.78 is 34.2. The van der Waals surface area contributed by atoms with Crippen LogP contribution in [0.5, 0.6) is 0 Å². The van der Waals surface area contributed by atoms with E-state index in [1.165, 1.54) is 6.92 Å². The van der Waals surface area contributed by atoms with Gasteiger partial charge in [0.15, 0.2) is 0 Å². The lowest BCUT2D eigenvalue weighted by atomic mass is 9.91. The predicted octanol–water partition coefficient (Wildman–Crippen LogP) is 3.12. The van der Waals surface area contributed by atoms with E-state index in [9.17, 15) is 23.2 Å². The third kappa shape index (κ3) is 5.32. The van der Waals surface area contributed by atoms with Crippen molar-refractivity contribution in [3.8, 4) is 0 Å². The van der Waals surface area contributed by atoms with E-state index in [1.54, 1.807) is 36.2 Å². The Hall–Kier alpha value is -3.17. The first-order chi connectivity index (χ1) is 17.2. The minimum Gasteiger partial charge on any atom is -0.365 e. The Bertz CT molecular complexity index is 1110. The summed E-state index contributed by atoms with van der Waals surface area (Å²) in [6.45, 7) is 1.42. The second kappa shape index (κ2) is 10.8. The van der Waals surface area contributed by atoms with Gasteiger partial charge in [0.1, 0.15) is 23.8 Å². The lowest BCUT2D eigenvalue weighted by Gasteiger charge is -2.36. The standard InChI is InChI=1S/C27H31F2N3O4/c1-16(30)26(34)32(23(33)14-17-12-19(28)15-20(29)13-17)24-25(18-8-4-3-5-9-18)36-22-11-7-6-10-21(22)31(2)27(24)35/h3-5,8-9,12-13,15-16,21-22,24-25H,6-7,10-11,14,30H2,1-2H3/t16-,21+,22+,24-,25+/m0/s1. The SMILES string of the molecule is C[C@H](N)C(=O)N(C(=O)Cc1cc(F)cc(F)c1)[C@@H]1C(=O)N(C)[C@@H]2CCCC[C@H]2O[C@@H]1c1ccccc1. The summed E-state index contributed by atoms with van der Waals surface area (Å²) in [5.74, 6) is -3.68. The van der Waals surface area contributed by atoms with Crippen molar-refractivity contribution < 1.29 is 27.9 Å². The van der Waals surface area contributed by atoms with Crippen molar-refractivity contribution in [2.24, 2.45) is 5.73 Å². The molecule has 36 heavy (non-hydrogen) atoms. The van der Waals surface area contributed by atoms with Crippen LogP contribution >= 0.6 is 0 Å². The maximum Gasteiger partial charge on any atom is 0.249 e. The monoisotopic (exact) mass is 499 g/mol. The molecule has 0 radical (unpaired) electrons. The number of carbonyl (C=O) groups is 3. The van der Waals surface area contributed by atoms with Gasteiger partial charge in [-0.05, 0) is 43.0 Å². The van der Waals surface area contributed by atoms with Crippen molar-refractivity contribution in [3.05, 3.63) is 71.3 Å². The normalized spacial score (nSPS) is 25.0. The average Bonchev–Trinajstić information content (AvgIpc) is 2.94. The van der Waals surface area contributed by atoms with Gasteiger partial charge in [-0.2, -0.15) is 0 Å². The Morgan fingerprint density at radius 2 is 1.75 bits per heavy atom. The van der Waals surface area contributed by atoms with Gasteiger partial charge >= 0.3 is 0 Å². The number of rotatable bonds is 5. The first-order valence-electron chi connectivity index (χ1n) is 12.2. The molecule has 2 N–H and O–H groups in total. The van der Waals surface area contributed by atoms with E-state index in [-0.39, 0.29) is 17.7 Å². The number of amides is 3. The molecule has 1 saturated carbocycles. The number of imide groups is 1. The zero-order valence-corrected chi connectivity index (χ0v) is 20.4. The minimum atomic E-state index is -1.33. The molecule has 0 unspecified atom stereocenters. The quantitative estimate of drug-likeness (QED) is 0.683. The molecule has 1 heterocycles. The van der Waals surface area contributed by atoms with Gasteiger partial charge in [-0.25, -0.2) is 8.78 Å². The molecule has 1 aliphatic heterocycles. The van der Waals surface area contributed by atoms with Gasteiger partial charge in [0.2, 0.25) is 17.7 Å². The molecule has 2 aliphatic rings. The minimum absolute atomic E-state index is 0.0419. The zero-order chi connectivity index (χ0) is 26.0. The highest BCUT2D eigenvalue weighted by Gasteiger charge is 2.49. The number of ether oxygens (including phenoxy) is 1. The molecule has 7 nitrogen and oxygen atoms in total. The Kier molecular flexibility index (Phi) is 7.80. The average molecular weight is 500 g/mol. The molecule has 9 heteroatoms. The maximum absolute atomic E-state index is 14.0. The summed E-state index contributed by atoms with van der Waals surface area (Å²) in [4.78, 5) is 43.4. The highest BCUT2D eigenvalue weighted by atomic mass is 19.1. The Balaban J connectivity index is 1.80. The van der Waals surface area contributed by atoms with Crippen LogP contribution in [0.4, 0.5) is 8.78 Å². The number of hydrogen-bond donors (Lipinski definition) is 1. The Morgan fingerprint density at radius 3 is 2.39 bits per heavy atom. The zero-order valence-electron chi connectivity index (χ0n) is 20.4. The van der Waals surface area contributed by atoms with Gasteiger partial charge in [-0.15, -0.1) is 0 Å². The van der Waals surface area contributed by atoms with Crippen LogP contribution in [-0.4, -0.2) is 58.8 Å². The van der Waals surface area contributed by atoms with Gasteiger partial charge < -0.3 is 15.4 Å². The summed E-state index contributed by atoms with van der Waals surface area (Å²) >= 11 is 0. The number of carbonyl (C=O) groups excluding carboxylic acids is 3. The number of likely N-dealkylation sites (N-methyl/N-ethyl adjacent to an activating group) is 1. The van der Waals surface area contributed by atoms with Crippen LogP contribution in [0.25, 0.3) is 0 Å². The van der Waals surface area contributed by atoms with Gasteiger partial charge in [-0.3, -0.25) is 19.3 Å². The maximum atomic E-state index is 14.0. The fourth-order valence-electron chi connectivity index (χ4n) is 5.20. The van der Waals surface area contributed by atoms with E-state index in [1.807, 2.05) is 6.07 Å². The number of nitrogens with zero attached hydrogens (tertiary/aromatic N) is 2. The van der Waals surface area contributed by atoms with Gasteiger partial charge in [-0.1, -0.05) is 43.2 Å². The fraction of sp³-hybridized carbons (Fsp3) is 0.444. The van der Waals surface area contributed by atoms with Crippen LogP contribution in [0, 0.1) is 11.6 Å². The summed E-state index contributed by atoms with van der Waals surface area (Å²) in [6.07, 6.45) is 1.70. The molecular formula is C27H31F2N3O4. The second-order valence-corrected chi connectivity index (χ2v) is 9.60. The highest BCUT2D eigenvalue weighted by molar-refractivity contribution is 6.03. The lowest BCUT2D eigenvalue weighted by Crippen LogP contribution is -2.58. The van der Waals surface area contributed by atoms with Crippen LogP contribution < -0.4 is 5.73 Å². The molecule has 3 amide bonds. The highest BCUT2D eigenvalue weighted by Crippen LogP contribution is 2.38. The van der Waals surface area contributed by atoms with E-state index >= 15 is 0 Å². The molecule has 2 aromatic carbocycles. The molecule has 2 aromatic rings. The number of nitrogens with two attached hydrogens (primary N) is 1. The first kappa shape index (κ1) is 25.9.